The normalized spacial score (nSPS) is 10.9. The van der Waals surface area contributed by atoms with E-state index in [2.05, 4.69) is 47.6 Å². The van der Waals surface area contributed by atoms with Crippen molar-refractivity contribution >= 4 is 34.1 Å². The average Bonchev–Trinajstić information content (AvgIpc) is 2.87. The average molecular weight is 321 g/mol. The number of nitrogens with zero attached hydrogens (tertiary/aromatic N) is 2. The molecule has 2 aromatic rings. The van der Waals surface area contributed by atoms with Gasteiger partial charge in [0, 0.05) is 11.7 Å². The van der Waals surface area contributed by atoms with Gasteiger partial charge in [0.15, 0.2) is 4.34 Å². The molecule has 0 fully saturated rings. The maximum atomic E-state index is 11.6. The monoisotopic (exact) mass is 321 g/mol. The first-order chi connectivity index (χ1) is 9.95. The molecule has 0 radical (unpaired) electrons. The molecule has 4 nitrogen and oxygen atoms in total. The van der Waals surface area contributed by atoms with Gasteiger partial charge in [-0.2, -0.15) is 0 Å². The first-order valence-corrected chi connectivity index (χ1v) is 8.59. The highest BCUT2D eigenvalue weighted by molar-refractivity contribution is 8.00. The van der Waals surface area contributed by atoms with Crippen molar-refractivity contribution < 1.29 is 4.79 Å². The Morgan fingerprint density at radius 3 is 2.81 bits per heavy atom. The van der Waals surface area contributed by atoms with Crippen LogP contribution in [0.15, 0.2) is 22.5 Å². The number of rotatable bonds is 5. The Labute approximate surface area is 133 Å². The van der Waals surface area contributed by atoms with Crippen molar-refractivity contribution in [2.24, 2.45) is 5.92 Å². The molecule has 0 unspecified atom stereocenters. The Balaban J connectivity index is 1.97. The molecule has 0 aliphatic carbocycles. The fraction of sp³-hybridized carbons (Fsp3) is 0.400. The summed E-state index contributed by atoms with van der Waals surface area (Å²) in [6, 6.07) is 6.46. The molecule has 1 amide bonds. The summed E-state index contributed by atoms with van der Waals surface area (Å²) >= 11 is 3.06. The second-order valence-electron chi connectivity index (χ2n) is 5.24. The van der Waals surface area contributed by atoms with Gasteiger partial charge in [0.25, 0.3) is 0 Å². The van der Waals surface area contributed by atoms with Crippen LogP contribution in [0.1, 0.15) is 30.5 Å². The molecule has 0 aliphatic rings. The molecular formula is C15H19N3OS2. The highest BCUT2D eigenvalue weighted by Gasteiger charge is 2.11. The number of hydrogen-bond acceptors (Lipinski definition) is 5. The van der Waals surface area contributed by atoms with Gasteiger partial charge in [-0.05, 0) is 25.0 Å². The summed E-state index contributed by atoms with van der Waals surface area (Å²) in [5, 5.41) is 11.5. The molecule has 1 heterocycles. The van der Waals surface area contributed by atoms with Crippen molar-refractivity contribution in [2.45, 2.75) is 37.8 Å². The predicted molar refractivity (Wildman–Crippen MR) is 88.9 cm³/mol. The minimum Gasteiger partial charge on any atom is -0.300 e. The number of benzene rings is 1. The Morgan fingerprint density at radius 1 is 1.33 bits per heavy atom. The van der Waals surface area contributed by atoms with E-state index in [1.54, 1.807) is 11.8 Å². The molecule has 0 saturated heterocycles. The fourth-order valence-electron chi connectivity index (χ4n) is 1.66. The first-order valence-electron chi connectivity index (χ1n) is 6.79. The van der Waals surface area contributed by atoms with Crippen LogP contribution in [0, 0.1) is 19.8 Å². The van der Waals surface area contributed by atoms with Gasteiger partial charge in [-0.15, -0.1) is 10.2 Å². The Kier molecular flexibility index (Phi) is 5.36. The molecule has 6 heteroatoms. The van der Waals surface area contributed by atoms with Gasteiger partial charge in [-0.1, -0.05) is 60.7 Å². The van der Waals surface area contributed by atoms with Crippen LogP contribution in [0.5, 0.6) is 0 Å². The van der Waals surface area contributed by atoms with Crippen LogP contribution in [0.2, 0.25) is 0 Å². The molecule has 0 spiro atoms. The lowest BCUT2D eigenvalue weighted by Gasteiger charge is -2.05. The van der Waals surface area contributed by atoms with E-state index in [-0.39, 0.29) is 11.8 Å². The lowest BCUT2D eigenvalue weighted by Crippen LogP contribution is -2.17. The molecule has 0 aliphatic heterocycles. The molecule has 0 bridgehead atoms. The Bertz CT molecular complexity index is 638. The molecule has 112 valence electrons. The summed E-state index contributed by atoms with van der Waals surface area (Å²) in [4.78, 5) is 11.6. The highest BCUT2D eigenvalue weighted by Crippen LogP contribution is 2.29. The number of carbonyl (C=O) groups excluding carboxylic acids is 1. The Morgan fingerprint density at radius 2 is 2.10 bits per heavy atom. The lowest BCUT2D eigenvalue weighted by molar-refractivity contribution is -0.118. The summed E-state index contributed by atoms with van der Waals surface area (Å²) < 4.78 is 0.870. The molecule has 21 heavy (non-hydrogen) atoms. The van der Waals surface area contributed by atoms with Crippen LogP contribution < -0.4 is 5.32 Å². The number of thioether (sulfide) groups is 1. The third kappa shape index (κ3) is 4.54. The van der Waals surface area contributed by atoms with Gasteiger partial charge in [-0.3, -0.25) is 4.79 Å². The number of anilines is 1. The zero-order valence-electron chi connectivity index (χ0n) is 12.6. The standard InChI is InChI=1S/C15H19N3OS2/c1-9(2)13(19)16-14-17-18-15(21-14)20-8-12-7-10(3)5-6-11(12)4/h5-7,9H,8H2,1-4H3,(H,16,17,19). The zero-order valence-corrected chi connectivity index (χ0v) is 14.3. The predicted octanol–water partition coefficient (Wildman–Crippen LogP) is 4.04. The van der Waals surface area contributed by atoms with Gasteiger partial charge in [0.2, 0.25) is 11.0 Å². The van der Waals surface area contributed by atoms with Crippen LogP contribution in [0.3, 0.4) is 0 Å². The second-order valence-corrected chi connectivity index (χ2v) is 7.44. The van der Waals surface area contributed by atoms with E-state index in [1.165, 1.54) is 28.0 Å². The van der Waals surface area contributed by atoms with Crippen molar-refractivity contribution in [3.63, 3.8) is 0 Å². The topological polar surface area (TPSA) is 54.9 Å². The van der Waals surface area contributed by atoms with Crippen LogP contribution in [-0.2, 0) is 10.5 Å². The van der Waals surface area contributed by atoms with Gasteiger partial charge in [0.1, 0.15) is 0 Å². The molecule has 2 rings (SSSR count). The van der Waals surface area contributed by atoms with E-state index >= 15 is 0 Å². The molecule has 1 aromatic heterocycles. The third-order valence-corrected chi connectivity index (χ3v) is 5.04. The maximum absolute atomic E-state index is 11.6. The summed E-state index contributed by atoms with van der Waals surface area (Å²) in [5.74, 6) is 0.775. The number of amides is 1. The SMILES string of the molecule is Cc1ccc(C)c(CSc2nnc(NC(=O)C(C)C)s2)c1. The van der Waals surface area contributed by atoms with Crippen LogP contribution in [0.25, 0.3) is 0 Å². The van der Waals surface area contributed by atoms with Crippen molar-refractivity contribution in [2.75, 3.05) is 5.32 Å². The largest absolute Gasteiger partial charge is 0.300 e. The number of hydrogen-bond donors (Lipinski definition) is 1. The quantitative estimate of drug-likeness (QED) is 0.667. The lowest BCUT2D eigenvalue weighted by atomic mass is 10.1. The van der Waals surface area contributed by atoms with E-state index in [1.807, 2.05) is 13.8 Å². The van der Waals surface area contributed by atoms with Gasteiger partial charge >= 0.3 is 0 Å². The van der Waals surface area contributed by atoms with E-state index in [0.717, 1.165) is 10.1 Å². The summed E-state index contributed by atoms with van der Waals surface area (Å²) in [6.45, 7) is 7.92. The van der Waals surface area contributed by atoms with Crippen molar-refractivity contribution in [1.29, 1.82) is 0 Å². The van der Waals surface area contributed by atoms with Gasteiger partial charge in [0.05, 0.1) is 0 Å². The zero-order chi connectivity index (χ0) is 15.4. The van der Waals surface area contributed by atoms with Crippen LogP contribution in [0.4, 0.5) is 5.13 Å². The first kappa shape index (κ1) is 16.0. The van der Waals surface area contributed by atoms with Gasteiger partial charge in [-0.25, -0.2) is 0 Å². The second kappa shape index (κ2) is 7.04. The van der Waals surface area contributed by atoms with E-state index < -0.39 is 0 Å². The van der Waals surface area contributed by atoms with Crippen molar-refractivity contribution in [3.05, 3.63) is 34.9 Å². The van der Waals surface area contributed by atoms with E-state index in [4.69, 9.17) is 0 Å². The van der Waals surface area contributed by atoms with Crippen LogP contribution in [-0.4, -0.2) is 16.1 Å². The minimum absolute atomic E-state index is 0.0303. The summed E-state index contributed by atoms with van der Waals surface area (Å²) in [7, 11) is 0. The Hall–Kier alpha value is -1.40. The maximum Gasteiger partial charge on any atom is 0.228 e. The number of nitrogens with one attached hydrogen (secondary N) is 1. The summed E-state index contributed by atoms with van der Waals surface area (Å²) in [5.41, 5.74) is 3.85. The number of carbonyl (C=O) groups is 1. The minimum atomic E-state index is -0.0556. The molecule has 0 saturated carbocycles. The highest BCUT2D eigenvalue weighted by atomic mass is 32.2. The van der Waals surface area contributed by atoms with Gasteiger partial charge < -0.3 is 5.32 Å². The van der Waals surface area contributed by atoms with Crippen molar-refractivity contribution in [1.82, 2.24) is 10.2 Å². The van der Waals surface area contributed by atoms with E-state index in [9.17, 15) is 4.79 Å². The van der Waals surface area contributed by atoms with Crippen molar-refractivity contribution in [3.8, 4) is 0 Å². The van der Waals surface area contributed by atoms with E-state index in [0.29, 0.717) is 5.13 Å². The molecule has 1 aromatic carbocycles. The number of aryl methyl sites for hydroxylation is 2. The van der Waals surface area contributed by atoms with Crippen LogP contribution >= 0.6 is 23.1 Å². The third-order valence-electron chi connectivity index (χ3n) is 3.02. The smallest absolute Gasteiger partial charge is 0.228 e. The molecule has 1 N–H and O–H groups in total. The number of aromatic nitrogens is 2. The molecule has 0 atom stereocenters. The molecular weight excluding hydrogens is 302 g/mol. The summed E-state index contributed by atoms with van der Waals surface area (Å²) in [6.07, 6.45) is 0. The fourth-order valence-corrected chi connectivity index (χ4v) is 3.48.